The van der Waals surface area contributed by atoms with E-state index in [-0.39, 0.29) is 11.7 Å². The zero-order valence-electron chi connectivity index (χ0n) is 11.4. The van der Waals surface area contributed by atoms with E-state index in [2.05, 4.69) is 6.92 Å². The Bertz CT molecular complexity index is 280. The summed E-state index contributed by atoms with van der Waals surface area (Å²) in [6.07, 6.45) is 3.91. The van der Waals surface area contributed by atoms with Gasteiger partial charge in [-0.15, -0.1) is 0 Å². The second-order valence-electron chi connectivity index (χ2n) is 4.40. The van der Waals surface area contributed by atoms with Crippen LogP contribution in [-0.2, 0) is 18.5 Å². The monoisotopic (exact) mass is 300 g/mol. The molecule has 0 aliphatic carbocycles. The van der Waals surface area contributed by atoms with E-state index >= 15 is 0 Å². The number of halogens is 1. The molecule has 0 aliphatic heterocycles. The topological polar surface area (TPSA) is 52.6 Å². The van der Waals surface area contributed by atoms with E-state index in [9.17, 15) is 8.42 Å². The predicted molar refractivity (Wildman–Crippen MR) is 74.6 cm³/mol. The van der Waals surface area contributed by atoms with Crippen molar-refractivity contribution in [3.05, 3.63) is 0 Å². The maximum absolute atomic E-state index is 11.0. The van der Waals surface area contributed by atoms with Crippen molar-refractivity contribution in [1.82, 2.24) is 0 Å². The Hall–Kier alpha value is 0.160. The van der Waals surface area contributed by atoms with Gasteiger partial charge in [-0.1, -0.05) is 26.7 Å². The Balaban J connectivity index is 3.64. The van der Waals surface area contributed by atoms with E-state index in [1.807, 2.05) is 6.92 Å². The van der Waals surface area contributed by atoms with Gasteiger partial charge in [-0.25, -0.2) is 8.42 Å². The molecule has 0 radical (unpaired) electrons. The summed E-state index contributed by atoms with van der Waals surface area (Å²) in [5.41, 5.74) is 0. The third-order valence-electron chi connectivity index (χ3n) is 2.50. The SMILES string of the molecule is CCCCOCCOCC(CCC)CS(=O)(=O)Cl. The van der Waals surface area contributed by atoms with Crippen LogP contribution in [0.5, 0.6) is 0 Å². The van der Waals surface area contributed by atoms with Crippen LogP contribution in [0.4, 0.5) is 0 Å². The minimum absolute atomic E-state index is 0.0148. The molecule has 0 fully saturated rings. The van der Waals surface area contributed by atoms with Gasteiger partial charge in [0, 0.05) is 17.3 Å². The molecule has 0 bridgehead atoms. The molecule has 18 heavy (non-hydrogen) atoms. The van der Waals surface area contributed by atoms with Crippen LogP contribution in [0.15, 0.2) is 0 Å². The number of hydrogen-bond donors (Lipinski definition) is 0. The summed E-state index contributed by atoms with van der Waals surface area (Å²) in [4.78, 5) is 0. The maximum Gasteiger partial charge on any atom is 0.232 e. The Morgan fingerprint density at radius 3 is 2.28 bits per heavy atom. The Labute approximate surface area is 115 Å². The number of rotatable bonds is 12. The van der Waals surface area contributed by atoms with Crippen LogP contribution in [0.2, 0.25) is 0 Å². The molecule has 0 aromatic rings. The zero-order chi connectivity index (χ0) is 13.9. The van der Waals surface area contributed by atoms with Gasteiger partial charge in [0.2, 0.25) is 9.05 Å². The molecule has 1 unspecified atom stereocenters. The van der Waals surface area contributed by atoms with Crippen molar-refractivity contribution < 1.29 is 17.9 Å². The highest BCUT2D eigenvalue weighted by molar-refractivity contribution is 8.13. The quantitative estimate of drug-likeness (QED) is 0.411. The van der Waals surface area contributed by atoms with Crippen LogP contribution in [0.3, 0.4) is 0 Å². The molecule has 0 saturated heterocycles. The molecule has 0 N–H and O–H groups in total. The van der Waals surface area contributed by atoms with E-state index in [1.165, 1.54) is 0 Å². The Morgan fingerprint density at radius 1 is 1.06 bits per heavy atom. The average molecular weight is 301 g/mol. The minimum atomic E-state index is -3.44. The summed E-state index contributed by atoms with van der Waals surface area (Å²) in [6.45, 7) is 6.38. The van der Waals surface area contributed by atoms with Crippen LogP contribution in [0, 0.1) is 5.92 Å². The largest absolute Gasteiger partial charge is 0.379 e. The van der Waals surface area contributed by atoms with E-state index in [4.69, 9.17) is 20.2 Å². The summed E-state index contributed by atoms with van der Waals surface area (Å²) in [6, 6.07) is 0. The Kier molecular flexibility index (Phi) is 11.1. The number of hydrogen-bond acceptors (Lipinski definition) is 4. The predicted octanol–water partition coefficient (Wildman–Crippen LogP) is 2.80. The molecular weight excluding hydrogens is 276 g/mol. The first-order valence-electron chi connectivity index (χ1n) is 6.57. The number of unbranched alkanes of at least 4 members (excludes halogenated alkanes) is 1. The molecule has 0 aromatic heterocycles. The fraction of sp³-hybridized carbons (Fsp3) is 1.00. The van der Waals surface area contributed by atoms with Gasteiger partial charge in [-0.2, -0.15) is 0 Å². The first-order valence-corrected chi connectivity index (χ1v) is 9.05. The molecule has 6 heteroatoms. The first-order chi connectivity index (χ1) is 8.49. The molecule has 1 atom stereocenters. The highest BCUT2D eigenvalue weighted by Crippen LogP contribution is 2.12. The third-order valence-corrected chi connectivity index (χ3v) is 3.75. The molecule has 0 amide bonds. The Morgan fingerprint density at radius 2 is 1.72 bits per heavy atom. The van der Waals surface area contributed by atoms with Gasteiger partial charge in [-0.3, -0.25) is 0 Å². The van der Waals surface area contributed by atoms with E-state index in [0.29, 0.717) is 19.8 Å². The maximum atomic E-state index is 11.0. The van der Waals surface area contributed by atoms with Crippen molar-refractivity contribution >= 4 is 19.7 Å². The lowest BCUT2D eigenvalue weighted by Gasteiger charge is -2.14. The summed E-state index contributed by atoms with van der Waals surface area (Å²) in [7, 11) is 1.81. The standard InChI is InChI=1S/C12H25ClO4S/c1-3-5-7-16-8-9-17-10-12(6-4-2)11-18(13,14)15/h12H,3-11H2,1-2H3. The van der Waals surface area contributed by atoms with Gasteiger partial charge in [0.1, 0.15) is 0 Å². The normalized spacial score (nSPS) is 13.7. The molecular formula is C12H25ClO4S. The summed E-state index contributed by atoms with van der Waals surface area (Å²) in [5, 5.41) is 0. The molecule has 0 aliphatic rings. The number of ether oxygens (including phenoxy) is 2. The summed E-state index contributed by atoms with van der Waals surface area (Å²) in [5.74, 6) is -0.0350. The lowest BCUT2D eigenvalue weighted by molar-refractivity contribution is 0.0341. The molecule has 110 valence electrons. The lowest BCUT2D eigenvalue weighted by atomic mass is 10.1. The van der Waals surface area contributed by atoms with Crippen molar-refractivity contribution in [2.75, 3.05) is 32.2 Å². The molecule has 0 saturated carbocycles. The molecule has 0 aromatic carbocycles. The molecule has 0 rings (SSSR count). The highest BCUT2D eigenvalue weighted by Gasteiger charge is 2.16. The van der Waals surface area contributed by atoms with Crippen molar-refractivity contribution in [1.29, 1.82) is 0 Å². The van der Waals surface area contributed by atoms with Gasteiger partial charge >= 0.3 is 0 Å². The van der Waals surface area contributed by atoms with Crippen LogP contribution in [0.25, 0.3) is 0 Å². The van der Waals surface area contributed by atoms with Gasteiger partial charge < -0.3 is 9.47 Å². The zero-order valence-corrected chi connectivity index (χ0v) is 12.9. The first kappa shape index (κ1) is 18.2. The van der Waals surface area contributed by atoms with Crippen LogP contribution in [0.1, 0.15) is 39.5 Å². The van der Waals surface area contributed by atoms with Crippen LogP contribution >= 0.6 is 10.7 Å². The molecule has 4 nitrogen and oxygen atoms in total. The fourth-order valence-electron chi connectivity index (χ4n) is 1.62. The van der Waals surface area contributed by atoms with Crippen molar-refractivity contribution in [3.8, 4) is 0 Å². The van der Waals surface area contributed by atoms with Crippen molar-refractivity contribution in [2.24, 2.45) is 5.92 Å². The van der Waals surface area contributed by atoms with Crippen molar-refractivity contribution in [3.63, 3.8) is 0 Å². The third kappa shape index (κ3) is 12.6. The van der Waals surface area contributed by atoms with Crippen LogP contribution < -0.4 is 0 Å². The fourth-order valence-corrected chi connectivity index (χ4v) is 2.98. The van der Waals surface area contributed by atoms with Crippen LogP contribution in [-0.4, -0.2) is 40.6 Å². The minimum Gasteiger partial charge on any atom is -0.379 e. The average Bonchev–Trinajstić information content (AvgIpc) is 2.26. The van der Waals surface area contributed by atoms with Gasteiger partial charge in [0.05, 0.1) is 25.6 Å². The lowest BCUT2D eigenvalue weighted by Crippen LogP contribution is -2.19. The van der Waals surface area contributed by atoms with Gasteiger partial charge in [0.15, 0.2) is 0 Å². The summed E-state index contributed by atoms with van der Waals surface area (Å²) >= 11 is 0. The smallest absolute Gasteiger partial charge is 0.232 e. The molecule has 0 spiro atoms. The van der Waals surface area contributed by atoms with Gasteiger partial charge in [0.25, 0.3) is 0 Å². The highest BCUT2D eigenvalue weighted by atomic mass is 35.7. The van der Waals surface area contributed by atoms with E-state index in [1.54, 1.807) is 0 Å². The van der Waals surface area contributed by atoms with Gasteiger partial charge in [-0.05, 0) is 18.8 Å². The van der Waals surface area contributed by atoms with E-state index < -0.39 is 9.05 Å². The second-order valence-corrected chi connectivity index (χ2v) is 7.22. The van der Waals surface area contributed by atoms with Crippen molar-refractivity contribution in [2.45, 2.75) is 39.5 Å². The molecule has 0 heterocycles. The summed E-state index contributed by atoms with van der Waals surface area (Å²) < 4.78 is 32.8. The second kappa shape index (κ2) is 11.0. The van der Waals surface area contributed by atoms with E-state index in [0.717, 1.165) is 32.3 Å².